The first-order valence-corrected chi connectivity index (χ1v) is 7.28. The highest BCUT2D eigenvalue weighted by Gasteiger charge is 2.11. The second-order valence-corrected chi connectivity index (χ2v) is 5.27. The normalized spacial score (nSPS) is 12.6. The van der Waals surface area contributed by atoms with Crippen molar-refractivity contribution in [2.24, 2.45) is 0 Å². The van der Waals surface area contributed by atoms with E-state index in [2.05, 4.69) is 48.4 Å². The Morgan fingerprint density at radius 2 is 2.10 bits per heavy atom. The van der Waals surface area contributed by atoms with Crippen LogP contribution in [-0.2, 0) is 12.8 Å². The van der Waals surface area contributed by atoms with Crippen molar-refractivity contribution in [2.75, 3.05) is 6.54 Å². The van der Waals surface area contributed by atoms with E-state index in [1.807, 2.05) is 12.1 Å². The van der Waals surface area contributed by atoms with E-state index >= 15 is 0 Å². The van der Waals surface area contributed by atoms with E-state index < -0.39 is 0 Å². The van der Waals surface area contributed by atoms with Crippen LogP contribution in [0.1, 0.15) is 43.1 Å². The molecule has 1 aromatic heterocycles. The summed E-state index contributed by atoms with van der Waals surface area (Å²) in [5, 5.41) is 7.49. The zero-order valence-corrected chi connectivity index (χ0v) is 12.5. The van der Waals surface area contributed by atoms with E-state index in [0.29, 0.717) is 11.9 Å². The Labute approximate surface area is 120 Å². The molecule has 4 heteroatoms. The highest BCUT2D eigenvalue weighted by Crippen LogP contribution is 2.12. The zero-order chi connectivity index (χ0) is 14.4. The second-order valence-electron chi connectivity index (χ2n) is 5.27. The Kier molecular flexibility index (Phi) is 5.30. The van der Waals surface area contributed by atoms with Crippen LogP contribution in [0.4, 0.5) is 0 Å². The summed E-state index contributed by atoms with van der Waals surface area (Å²) >= 11 is 0. The average Bonchev–Trinajstić information content (AvgIpc) is 2.86. The molecule has 108 valence electrons. The summed E-state index contributed by atoms with van der Waals surface area (Å²) < 4.78 is 5.33. The number of aromatic nitrogens is 2. The Balaban J connectivity index is 1.94. The topological polar surface area (TPSA) is 51.0 Å². The first kappa shape index (κ1) is 14.7. The molecule has 0 radical (unpaired) electrons. The Hall–Kier alpha value is -1.68. The maximum absolute atomic E-state index is 5.33. The Bertz CT molecular complexity index is 536. The van der Waals surface area contributed by atoms with Gasteiger partial charge in [0.25, 0.3) is 0 Å². The minimum atomic E-state index is 0.363. The van der Waals surface area contributed by atoms with Crippen molar-refractivity contribution in [2.45, 2.75) is 46.1 Å². The minimum Gasteiger partial charge on any atom is -0.339 e. The molecule has 0 saturated carbocycles. The lowest BCUT2D eigenvalue weighted by atomic mass is 10.1. The molecular formula is C16H23N3O. The van der Waals surface area contributed by atoms with Crippen LogP contribution in [0.2, 0.25) is 0 Å². The van der Waals surface area contributed by atoms with E-state index in [1.165, 1.54) is 11.1 Å². The lowest BCUT2D eigenvalue weighted by Gasteiger charge is -2.09. The fourth-order valence-corrected chi connectivity index (χ4v) is 2.15. The molecule has 0 bridgehead atoms. The van der Waals surface area contributed by atoms with Crippen LogP contribution in [0.25, 0.3) is 0 Å². The van der Waals surface area contributed by atoms with Gasteiger partial charge in [-0.15, -0.1) is 0 Å². The zero-order valence-electron chi connectivity index (χ0n) is 12.5. The highest BCUT2D eigenvalue weighted by atomic mass is 16.5. The molecule has 1 unspecified atom stereocenters. The number of aryl methyl sites for hydroxylation is 1. The number of hydrogen-bond donors (Lipinski definition) is 1. The van der Waals surface area contributed by atoms with Gasteiger partial charge in [0.2, 0.25) is 5.89 Å². The molecule has 0 amide bonds. The lowest BCUT2D eigenvalue weighted by Crippen LogP contribution is -2.28. The predicted molar refractivity (Wildman–Crippen MR) is 79.7 cm³/mol. The number of rotatable bonds is 7. The predicted octanol–water partition coefficient (Wildman–Crippen LogP) is 2.90. The first-order chi connectivity index (χ1) is 9.69. The van der Waals surface area contributed by atoms with Gasteiger partial charge in [-0.05, 0) is 37.9 Å². The molecule has 0 spiro atoms. The van der Waals surface area contributed by atoms with E-state index in [1.54, 1.807) is 0 Å². The molecule has 1 atom stereocenters. The van der Waals surface area contributed by atoms with Crippen LogP contribution in [0.3, 0.4) is 0 Å². The fourth-order valence-electron chi connectivity index (χ4n) is 2.15. The van der Waals surface area contributed by atoms with Gasteiger partial charge in [-0.1, -0.05) is 36.3 Å². The van der Waals surface area contributed by atoms with Crippen molar-refractivity contribution in [3.63, 3.8) is 0 Å². The lowest BCUT2D eigenvalue weighted by molar-refractivity contribution is 0.358. The van der Waals surface area contributed by atoms with Crippen molar-refractivity contribution in [1.82, 2.24) is 15.5 Å². The molecule has 0 saturated heterocycles. The van der Waals surface area contributed by atoms with E-state index in [-0.39, 0.29) is 0 Å². The van der Waals surface area contributed by atoms with Gasteiger partial charge >= 0.3 is 0 Å². The van der Waals surface area contributed by atoms with Crippen LogP contribution < -0.4 is 5.32 Å². The van der Waals surface area contributed by atoms with Crippen molar-refractivity contribution >= 4 is 0 Å². The minimum absolute atomic E-state index is 0.363. The van der Waals surface area contributed by atoms with Crippen LogP contribution in [0.15, 0.2) is 28.8 Å². The fraction of sp³-hybridized carbons (Fsp3) is 0.500. The van der Waals surface area contributed by atoms with E-state index in [4.69, 9.17) is 4.52 Å². The van der Waals surface area contributed by atoms with Crippen molar-refractivity contribution in [3.05, 3.63) is 47.1 Å². The quantitative estimate of drug-likeness (QED) is 0.842. The molecule has 1 heterocycles. The van der Waals surface area contributed by atoms with E-state index in [9.17, 15) is 0 Å². The van der Waals surface area contributed by atoms with Gasteiger partial charge in [0.15, 0.2) is 5.82 Å². The smallest absolute Gasteiger partial charge is 0.228 e. The second kappa shape index (κ2) is 7.20. The third kappa shape index (κ3) is 4.17. The summed E-state index contributed by atoms with van der Waals surface area (Å²) in [7, 11) is 0. The van der Waals surface area contributed by atoms with E-state index in [0.717, 1.165) is 31.6 Å². The first-order valence-electron chi connectivity index (χ1n) is 7.28. The van der Waals surface area contributed by atoms with Crippen LogP contribution in [0.5, 0.6) is 0 Å². The van der Waals surface area contributed by atoms with Gasteiger partial charge in [0.1, 0.15) is 0 Å². The molecule has 2 rings (SSSR count). The van der Waals surface area contributed by atoms with Crippen molar-refractivity contribution in [1.29, 1.82) is 0 Å². The summed E-state index contributed by atoms with van der Waals surface area (Å²) in [5.74, 6) is 1.47. The monoisotopic (exact) mass is 273 g/mol. The van der Waals surface area contributed by atoms with Gasteiger partial charge in [0.05, 0.1) is 0 Å². The Morgan fingerprint density at radius 1 is 1.30 bits per heavy atom. The Morgan fingerprint density at radius 3 is 2.85 bits per heavy atom. The summed E-state index contributed by atoms with van der Waals surface area (Å²) in [4.78, 5) is 4.48. The number of nitrogens with one attached hydrogen (secondary N) is 1. The summed E-state index contributed by atoms with van der Waals surface area (Å²) in [6, 6.07) is 8.66. The average molecular weight is 273 g/mol. The number of nitrogens with zero attached hydrogens (tertiary/aromatic N) is 2. The van der Waals surface area contributed by atoms with Gasteiger partial charge in [-0.2, -0.15) is 4.98 Å². The van der Waals surface area contributed by atoms with Crippen LogP contribution in [-0.4, -0.2) is 22.7 Å². The molecule has 20 heavy (non-hydrogen) atoms. The SMILES string of the molecule is CCCNC(C)Cc1nc(Cc2ccccc2C)no1. The number of benzene rings is 1. The van der Waals surface area contributed by atoms with Gasteiger partial charge < -0.3 is 9.84 Å². The van der Waals surface area contributed by atoms with Gasteiger partial charge in [-0.3, -0.25) is 0 Å². The standard InChI is InChI=1S/C16H23N3O/c1-4-9-17-13(3)10-16-18-15(19-20-16)11-14-8-6-5-7-12(14)2/h5-8,13,17H,4,9-11H2,1-3H3. The van der Waals surface area contributed by atoms with Crippen LogP contribution >= 0.6 is 0 Å². The third-order valence-corrected chi connectivity index (χ3v) is 3.34. The van der Waals surface area contributed by atoms with Gasteiger partial charge in [0, 0.05) is 18.9 Å². The van der Waals surface area contributed by atoms with Crippen molar-refractivity contribution in [3.8, 4) is 0 Å². The number of hydrogen-bond acceptors (Lipinski definition) is 4. The summed E-state index contributed by atoms with van der Waals surface area (Å²) in [5.41, 5.74) is 2.51. The molecule has 1 aromatic carbocycles. The third-order valence-electron chi connectivity index (χ3n) is 3.34. The molecule has 0 fully saturated rings. The molecule has 0 aliphatic rings. The summed E-state index contributed by atoms with van der Waals surface area (Å²) in [6.07, 6.45) is 2.64. The summed E-state index contributed by atoms with van der Waals surface area (Å²) in [6.45, 7) is 7.42. The maximum Gasteiger partial charge on any atom is 0.228 e. The molecule has 4 nitrogen and oxygen atoms in total. The maximum atomic E-state index is 5.33. The highest BCUT2D eigenvalue weighted by molar-refractivity contribution is 5.27. The molecule has 1 N–H and O–H groups in total. The molecule has 2 aromatic rings. The van der Waals surface area contributed by atoms with Crippen molar-refractivity contribution < 1.29 is 4.52 Å². The molecular weight excluding hydrogens is 250 g/mol. The molecule has 0 aliphatic carbocycles. The van der Waals surface area contributed by atoms with Crippen LogP contribution in [0, 0.1) is 6.92 Å². The largest absolute Gasteiger partial charge is 0.339 e. The molecule has 0 aliphatic heterocycles. The van der Waals surface area contributed by atoms with Gasteiger partial charge in [-0.25, -0.2) is 0 Å².